The largest absolute Gasteiger partial charge is 0.495 e. The smallest absolute Gasteiger partial charge is 0.315 e. The van der Waals surface area contributed by atoms with Gasteiger partial charge >= 0.3 is 6.03 Å². The van der Waals surface area contributed by atoms with Crippen molar-refractivity contribution in [2.45, 2.75) is 25.3 Å². The Labute approximate surface area is 147 Å². The monoisotopic (exact) mass is 337 g/mol. The second-order valence-electron chi connectivity index (χ2n) is 6.95. The lowest BCUT2D eigenvalue weighted by molar-refractivity contribution is 0.237. The number of carbonyl (C=O) groups excluding carboxylic acids is 1. The van der Waals surface area contributed by atoms with Crippen LogP contribution in [0.3, 0.4) is 0 Å². The number of nitrogens with one attached hydrogen (secondary N) is 2. The molecule has 1 fully saturated rings. The molecule has 25 heavy (non-hydrogen) atoms. The molecule has 2 aliphatic carbocycles. The number of hydrogen-bond acceptors (Lipinski definition) is 3. The number of nitrogens with zero attached hydrogens (tertiary/aromatic N) is 1. The number of fused-ring (bicyclic) bond motifs is 3. The third-order valence-electron chi connectivity index (χ3n) is 5.55. The summed E-state index contributed by atoms with van der Waals surface area (Å²) in [5.74, 6) is 2.60. The predicted molar refractivity (Wildman–Crippen MR) is 95.6 cm³/mol. The van der Waals surface area contributed by atoms with Crippen molar-refractivity contribution < 1.29 is 9.53 Å². The van der Waals surface area contributed by atoms with Crippen LogP contribution in [0.25, 0.3) is 0 Å². The van der Waals surface area contributed by atoms with E-state index in [2.05, 4.69) is 39.9 Å². The van der Waals surface area contributed by atoms with Gasteiger partial charge in [-0.25, -0.2) is 4.79 Å². The number of pyridine rings is 1. The van der Waals surface area contributed by atoms with E-state index in [1.165, 1.54) is 11.1 Å². The van der Waals surface area contributed by atoms with E-state index in [1.54, 1.807) is 19.5 Å². The number of carbonyl (C=O) groups is 1. The topological polar surface area (TPSA) is 63.2 Å². The molecule has 5 nitrogen and oxygen atoms in total. The quantitative estimate of drug-likeness (QED) is 0.881. The standard InChI is InChI=1S/C20H23N3O2/c1-12(14-7-8-21-11-18(14)25-2)23-20(24)22-10-17-16-9-13-5-3-4-6-15(13)19(16)17/h3-8,11-12,16-17,19H,9-10H2,1-2H3,(H2,22,23,24)/t12-,16-,17+,19+/m0/s1. The SMILES string of the molecule is COc1cnccc1[C@H](C)NC(=O)NC[C@@H]1[C@@H]2Cc3ccccc3[C@@H]12. The molecular weight excluding hydrogens is 314 g/mol. The second kappa shape index (κ2) is 6.39. The first-order valence-electron chi connectivity index (χ1n) is 8.79. The lowest BCUT2D eigenvalue weighted by Crippen LogP contribution is -2.38. The zero-order valence-electron chi connectivity index (χ0n) is 14.5. The van der Waals surface area contributed by atoms with E-state index in [0.717, 1.165) is 18.5 Å². The third-order valence-corrected chi connectivity index (χ3v) is 5.55. The lowest BCUT2D eigenvalue weighted by Gasteiger charge is -2.17. The normalized spacial score (nSPS) is 24.0. The molecule has 1 saturated carbocycles. The van der Waals surface area contributed by atoms with Crippen molar-refractivity contribution in [2.24, 2.45) is 11.8 Å². The summed E-state index contributed by atoms with van der Waals surface area (Å²) < 4.78 is 5.31. The lowest BCUT2D eigenvalue weighted by atomic mass is 10.0. The zero-order valence-corrected chi connectivity index (χ0v) is 14.5. The Morgan fingerprint density at radius 1 is 1.36 bits per heavy atom. The predicted octanol–water partition coefficient (Wildman–Crippen LogP) is 3.04. The fraction of sp³-hybridized carbons (Fsp3) is 0.400. The summed E-state index contributed by atoms with van der Waals surface area (Å²) in [4.78, 5) is 16.3. The number of methoxy groups -OCH3 is 1. The minimum Gasteiger partial charge on any atom is -0.495 e. The molecule has 2 aliphatic rings. The molecule has 1 heterocycles. The summed E-state index contributed by atoms with van der Waals surface area (Å²) in [6.45, 7) is 2.68. The van der Waals surface area contributed by atoms with Crippen molar-refractivity contribution in [3.8, 4) is 5.75 Å². The summed E-state index contributed by atoms with van der Waals surface area (Å²) in [6, 6.07) is 10.3. The molecule has 0 radical (unpaired) electrons. The molecule has 4 atom stereocenters. The van der Waals surface area contributed by atoms with E-state index in [0.29, 0.717) is 23.5 Å². The number of benzene rings is 1. The first-order chi connectivity index (χ1) is 12.2. The Hall–Kier alpha value is -2.56. The molecule has 4 rings (SSSR count). The van der Waals surface area contributed by atoms with Gasteiger partial charge in [-0.1, -0.05) is 24.3 Å². The van der Waals surface area contributed by atoms with Crippen LogP contribution < -0.4 is 15.4 Å². The number of rotatable bonds is 5. The van der Waals surface area contributed by atoms with Crippen molar-refractivity contribution in [1.29, 1.82) is 0 Å². The molecule has 1 aromatic carbocycles. The number of hydrogen-bond donors (Lipinski definition) is 2. The van der Waals surface area contributed by atoms with Crippen LogP contribution in [0, 0.1) is 11.8 Å². The summed E-state index contributed by atoms with van der Waals surface area (Å²) in [6.07, 6.45) is 4.52. The minimum atomic E-state index is -0.141. The maximum absolute atomic E-state index is 12.2. The molecular formula is C20H23N3O2. The number of amides is 2. The molecule has 0 aliphatic heterocycles. The highest BCUT2D eigenvalue weighted by Crippen LogP contribution is 2.60. The van der Waals surface area contributed by atoms with E-state index in [4.69, 9.17) is 4.74 Å². The van der Waals surface area contributed by atoms with E-state index >= 15 is 0 Å². The van der Waals surface area contributed by atoms with E-state index in [1.807, 2.05) is 13.0 Å². The highest BCUT2D eigenvalue weighted by molar-refractivity contribution is 5.74. The maximum atomic E-state index is 12.2. The van der Waals surface area contributed by atoms with Crippen LogP contribution in [-0.2, 0) is 6.42 Å². The molecule has 1 aromatic heterocycles. The van der Waals surface area contributed by atoms with Gasteiger partial charge in [-0.2, -0.15) is 0 Å². The Morgan fingerprint density at radius 2 is 2.20 bits per heavy atom. The van der Waals surface area contributed by atoms with Gasteiger partial charge in [0.25, 0.3) is 0 Å². The van der Waals surface area contributed by atoms with Crippen molar-refractivity contribution in [3.63, 3.8) is 0 Å². The van der Waals surface area contributed by atoms with E-state index < -0.39 is 0 Å². The van der Waals surface area contributed by atoms with Crippen LogP contribution >= 0.6 is 0 Å². The number of ether oxygens (including phenoxy) is 1. The molecule has 2 N–H and O–H groups in total. The summed E-state index contributed by atoms with van der Waals surface area (Å²) in [7, 11) is 1.61. The van der Waals surface area contributed by atoms with Gasteiger partial charge in [-0.3, -0.25) is 4.98 Å². The van der Waals surface area contributed by atoms with Gasteiger partial charge in [0.15, 0.2) is 0 Å². The molecule has 5 heteroatoms. The highest BCUT2D eigenvalue weighted by atomic mass is 16.5. The van der Waals surface area contributed by atoms with Crippen LogP contribution in [0.4, 0.5) is 4.79 Å². The fourth-order valence-corrected chi connectivity index (χ4v) is 4.22. The molecule has 130 valence electrons. The van der Waals surface area contributed by atoms with E-state index in [9.17, 15) is 4.79 Å². The average Bonchev–Trinajstić information content (AvgIpc) is 3.18. The zero-order chi connectivity index (χ0) is 17.4. The van der Waals surface area contributed by atoms with Gasteiger partial charge < -0.3 is 15.4 Å². The van der Waals surface area contributed by atoms with Crippen molar-refractivity contribution in [2.75, 3.05) is 13.7 Å². The van der Waals surface area contributed by atoms with Gasteiger partial charge in [0.05, 0.1) is 19.3 Å². The van der Waals surface area contributed by atoms with Crippen molar-refractivity contribution in [3.05, 3.63) is 59.4 Å². The Kier molecular flexibility index (Phi) is 4.07. The van der Waals surface area contributed by atoms with Gasteiger partial charge in [0.1, 0.15) is 5.75 Å². The Bertz CT molecular complexity index is 792. The van der Waals surface area contributed by atoms with Gasteiger partial charge in [0, 0.05) is 18.3 Å². The fourth-order valence-electron chi connectivity index (χ4n) is 4.22. The van der Waals surface area contributed by atoms with Crippen LogP contribution in [0.1, 0.15) is 35.6 Å². The molecule has 0 bridgehead atoms. The minimum absolute atomic E-state index is 0.135. The third kappa shape index (κ3) is 2.95. The molecule has 2 aromatic rings. The summed E-state index contributed by atoms with van der Waals surface area (Å²) in [5.41, 5.74) is 3.89. The van der Waals surface area contributed by atoms with Crippen molar-refractivity contribution in [1.82, 2.24) is 15.6 Å². The average molecular weight is 337 g/mol. The number of urea groups is 1. The molecule has 0 unspecified atom stereocenters. The first kappa shape index (κ1) is 15.9. The molecule has 0 saturated heterocycles. The van der Waals surface area contributed by atoms with Gasteiger partial charge in [-0.05, 0) is 48.3 Å². The van der Waals surface area contributed by atoms with Crippen LogP contribution in [-0.4, -0.2) is 24.7 Å². The van der Waals surface area contributed by atoms with Crippen LogP contribution in [0.15, 0.2) is 42.7 Å². The van der Waals surface area contributed by atoms with Gasteiger partial charge in [-0.15, -0.1) is 0 Å². The highest BCUT2D eigenvalue weighted by Gasteiger charge is 2.54. The summed E-state index contributed by atoms with van der Waals surface area (Å²) in [5, 5.41) is 6.02. The number of aromatic nitrogens is 1. The first-order valence-corrected chi connectivity index (χ1v) is 8.79. The second-order valence-corrected chi connectivity index (χ2v) is 6.95. The van der Waals surface area contributed by atoms with Crippen molar-refractivity contribution >= 4 is 6.03 Å². The van der Waals surface area contributed by atoms with Crippen LogP contribution in [0.2, 0.25) is 0 Å². The molecule has 2 amide bonds. The van der Waals surface area contributed by atoms with Crippen LogP contribution in [0.5, 0.6) is 5.75 Å². The molecule has 0 spiro atoms. The van der Waals surface area contributed by atoms with Gasteiger partial charge in [0.2, 0.25) is 0 Å². The summed E-state index contributed by atoms with van der Waals surface area (Å²) >= 11 is 0. The Balaban J connectivity index is 1.30. The van der Waals surface area contributed by atoms with E-state index in [-0.39, 0.29) is 12.1 Å². The maximum Gasteiger partial charge on any atom is 0.315 e. The Morgan fingerprint density at radius 3 is 3.04 bits per heavy atom.